The number of benzene rings is 1. The van der Waals surface area contributed by atoms with Crippen LogP contribution in [0.1, 0.15) is 69.4 Å². The smallest absolute Gasteiger partial charge is 0.0912 e. The maximum atomic E-state index is 8.43. The summed E-state index contributed by atoms with van der Waals surface area (Å²) in [5.74, 6) is 0.831. The maximum Gasteiger partial charge on any atom is 0.0912 e. The van der Waals surface area contributed by atoms with E-state index in [4.69, 9.17) is 10.00 Å². The van der Waals surface area contributed by atoms with Crippen molar-refractivity contribution in [2.45, 2.75) is 77.4 Å². The van der Waals surface area contributed by atoms with Gasteiger partial charge in [0, 0.05) is 6.08 Å². The number of nitriles is 1. The predicted octanol–water partition coefficient (Wildman–Crippen LogP) is 6.52. The Morgan fingerprint density at radius 3 is 2.50 bits per heavy atom. The second kappa shape index (κ2) is 12.5. The summed E-state index contributed by atoms with van der Waals surface area (Å²) in [6.45, 7) is 2.99. The first-order chi connectivity index (χ1) is 12.8. The summed E-state index contributed by atoms with van der Waals surface area (Å²) in [6, 6.07) is 11.0. The number of hydrogen-bond donors (Lipinski definition) is 0. The molecule has 0 N–H and O–H groups in total. The van der Waals surface area contributed by atoms with Crippen molar-refractivity contribution >= 4 is 0 Å². The van der Waals surface area contributed by atoms with Crippen LogP contribution in [0.25, 0.3) is 0 Å². The van der Waals surface area contributed by atoms with Crippen molar-refractivity contribution in [3.05, 3.63) is 59.7 Å². The van der Waals surface area contributed by atoms with E-state index in [0.717, 1.165) is 18.9 Å². The van der Waals surface area contributed by atoms with Crippen LogP contribution in [-0.4, -0.2) is 6.10 Å². The molecule has 26 heavy (non-hydrogen) atoms. The van der Waals surface area contributed by atoms with Crippen LogP contribution < -0.4 is 0 Å². The van der Waals surface area contributed by atoms with Crippen LogP contribution in [0.2, 0.25) is 0 Å². The summed E-state index contributed by atoms with van der Waals surface area (Å²) in [6.07, 6.45) is 18.9. The van der Waals surface area contributed by atoms with E-state index in [1.165, 1.54) is 68.6 Å². The van der Waals surface area contributed by atoms with Crippen molar-refractivity contribution in [3.63, 3.8) is 0 Å². The monoisotopic (exact) mass is 351 g/mol. The highest BCUT2D eigenvalue weighted by Gasteiger charge is 2.21. The van der Waals surface area contributed by atoms with Gasteiger partial charge >= 0.3 is 0 Å². The number of nitrogens with zero attached hydrogens (tertiary/aromatic N) is 1. The molecule has 0 bridgehead atoms. The van der Waals surface area contributed by atoms with Crippen molar-refractivity contribution in [1.82, 2.24) is 0 Å². The lowest BCUT2D eigenvalue weighted by Gasteiger charge is -2.28. The minimum atomic E-state index is 0.431. The van der Waals surface area contributed by atoms with Crippen LogP contribution in [0.3, 0.4) is 0 Å². The normalized spacial score (nSPS) is 20.6. The van der Waals surface area contributed by atoms with Gasteiger partial charge in [0.1, 0.15) is 0 Å². The van der Waals surface area contributed by atoms with Gasteiger partial charge in [0.15, 0.2) is 0 Å². The van der Waals surface area contributed by atoms with Gasteiger partial charge < -0.3 is 4.74 Å². The largest absolute Gasteiger partial charge is 0.374 e. The minimum Gasteiger partial charge on any atom is -0.374 e. The Kier molecular flexibility index (Phi) is 9.83. The van der Waals surface area contributed by atoms with E-state index in [-0.39, 0.29) is 0 Å². The van der Waals surface area contributed by atoms with E-state index in [1.54, 1.807) is 6.08 Å². The van der Waals surface area contributed by atoms with Crippen LogP contribution in [0.5, 0.6) is 0 Å². The van der Waals surface area contributed by atoms with Crippen LogP contribution in [0.4, 0.5) is 0 Å². The Balaban J connectivity index is 1.60. The highest BCUT2D eigenvalue weighted by atomic mass is 16.5. The lowest BCUT2D eigenvalue weighted by molar-refractivity contribution is 0.00646. The summed E-state index contributed by atoms with van der Waals surface area (Å²) in [5, 5.41) is 8.43. The fraction of sp³-hybridized carbons (Fsp3) is 0.542. The molecular formula is C24H33NO. The van der Waals surface area contributed by atoms with E-state index >= 15 is 0 Å². The highest BCUT2D eigenvalue weighted by molar-refractivity contribution is 5.22. The van der Waals surface area contributed by atoms with E-state index < -0.39 is 0 Å². The van der Waals surface area contributed by atoms with Gasteiger partial charge in [-0.1, -0.05) is 55.8 Å². The van der Waals surface area contributed by atoms with Crippen LogP contribution in [-0.2, 0) is 17.8 Å². The van der Waals surface area contributed by atoms with Crippen molar-refractivity contribution in [2.24, 2.45) is 5.92 Å². The summed E-state index contributed by atoms with van der Waals surface area (Å²) >= 11 is 0. The first kappa shape index (κ1) is 20.5. The number of allylic oxidation sites excluding steroid dienone is 4. The minimum absolute atomic E-state index is 0.431. The fourth-order valence-electron chi connectivity index (χ4n) is 3.59. The first-order valence-corrected chi connectivity index (χ1v) is 10.2. The van der Waals surface area contributed by atoms with Gasteiger partial charge in [-0.3, -0.25) is 0 Å². The second-order valence-electron chi connectivity index (χ2n) is 7.37. The first-order valence-electron chi connectivity index (χ1n) is 10.2. The lowest BCUT2D eigenvalue weighted by atomic mass is 9.84. The van der Waals surface area contributed by atoms with Gasteiger partial charge in [-0.15, -0.1) is 0 Å². The standard InChI is InChI=1S/C24H33NO/c1-2-3-9-21-11-13-23(14-12-21)20-26-24-17-15-22(16-18-24)10-7-5-4-6-8-19-25/h4-6,8,11-14,22,24H,2-3,7,9-10,15-18,20H2,1H3. The third kappa shape index (κ3) is 8.02. The van der Waals surface area contributed by atoms with Gasteiger partial charge in [-0.2, -0.15) is 5.26 Å². The Hall–Kier alpha value is -1.85. The molecule has 0 spiro atoms. The van der Waals surface area contributed by atoms with E-state index in [9.17, 15) is 0 Å². The molecule has 2 nitrogen and oxygen atoms in total. The Morgan fingerprint density at radius 1 is 1.08 bits per heavy atom. The van der Waals surface area contributed by atoms with E-state index in [1.807, 2.05) is 12.1 Å². The van der Waals surface area contributed by atoms with Gasteiger partial charge in [-0.05, 0) is 68.4 Å². The van der Waals surface area contributed by atoms with Crippen LogP contribution in [0.15, 0.2) is 48.6 Å². The van der Waals surface area contributed by atoms with Crippen molar-refractivity contribution in [1.29, 1.82) is 5.26 Å². The molecule has 0 aliphatic heterocycles. The molecule has 140 valence electrons. The third-order valence-electron chi connectivity index (χ3n) is 5.28. The fourth-order valence-corrected chi connectivity index (χ4v) is 3.59. The molecule has 0 atom stereocenters. The summed E-state index contributed by atoms with van der Waals surface area (Å²) < 4.78 is 6.15. The number of hydrogen-bond acceptors (Lipinski definition) is 2. The molecule has 1 aromatic rings. The Labute approximate surface area is 159 Å². The SMILES string of the molecule is CCCCc1ccc(COC2CCC(CCC=CC=CC#N)CC2)cc1. The Bertz CT molecular complexity index is 586. The summed E-state index contributed by atoms with van der Waals surface area (Å²) in [7, 11) is 0. The Morgan fingerprint density at radius 2 is 1.81 bits per heavy atom. The summed E-state index contributed by atoms with van der Waals surface area (Å²) in [4.78, 5) is 0. The molecule has 1 saturated carbocycles. The molecule has 1 aliphatic carbocycles. The maximum absolute atomic E-state index is 8.43. The number of rotatable bonds is 10. The van der Waals surface area contributed by atoms with Crippen molar-refractivity contribution in [3.8, 4) is 6.07 Å². The summed E-state index contributed by atoms with van der Waals surface area (Å²) in [5.41, 5.74) is 2.73. The molecule has 0 heterocycles. The quantitative estimate of drug-likeness (QED) is 0.355. The molecule has 0 amide bonds. The molecule has 2 heteroatoms. The molecule has 0 radical (unpaired) electrons. The lowest BCUT2D eigenvalue weighted by Crippen LogP contribution is -2.21. The van der Waals surface area contributed by atoms with Gasteiger partial charge in [0.25, 0.3) is 0 Å². The van der Waals surface area contributed by atoms with Crippen LogP contribution in [0, 0.1) is 17.2 Å². The topological polar surface area (TPSA) is 33.0 Å². The zero-order valence-corrected chi connectivity index (χ0v) is 16.2. The second-order valence-corrected chi connectivity index (χ2v) is 7.37. The van der Waals surface area contributed by atoms with Gasteiger partial charge in [0.2, 0.25) is 0 Å². The average molecular weight is 352 g/mol. The van der Waals surface area contributed by atoms with Crippen molar-refractivity contribution < 1.29 is 4.74 Å². The number of unbranched alkanes of at least 4 members (excludes halogenated alkanes) is 1. The van der Waals surface area contributed by atoms with E-state index in [2.05, 4.69) is 37.3 Å². The van der Waals surface area contributed by atoms with Crippen molar-refractivity contribution in [2.75, 3.05) is 0 Å². The molecule has 0 unspecified atom stereocenters. The zero-order valence-electron chi connectivity index (χ0n) is 16.2. The highest BCUT2D eigenvalue weighted by Crippen LogP contribution is 2.30. The average Bonchev–Trinajstić information content (AvgIpc) is 2.69. The molecule has 0 saturated heterocycles. The molecule has 2 rings (SSSR count). The molecule has 1 aromatic carbocycles. The van der Waals surface area contributed by atoms with Gasteiger partial charge in [-0.25, -0.2) is 0 Å². The van der Waals surface area contributed by atoms with Gasteiger partial charge in [0.05, 0.1) is 18.8 Å². The number of ether oxygens (including phenoxy) is 1. The number of aryl methyl sites for hydroxylation is 1. The third-order valence-corrected chi connectivity index (χ3v) is 5.28. The van der Waals surface area contributed by atoms with Crippen LogP contribution >= 0.6 is 0 Å². The molecule has 1 fully saturated rings. The predicted molar refractivity (Wildman–Crippen MR) is 109 cm³/mol. The molecule has 0 aromatic heterocycles. The van der Waals surface area contributed by atoms with E-state index in [0.29, 0.717) is 6.10 Å². The zero-order chi connectivity index (χ0) is 18.5. The molecule has 1 aliphatic rings. The molecular weight excluding hydrogens is 318 g/mol.